The minimum atomic E-state index is -0.0801. The third-order valence-electron chi connectivity index (χ3n) is 5.30. The molecule has 0 radical (unpaired) electrons. The van der Waals surface area contributed by atoms with Gasteiger partial charge in [-0.1, -0.05) is 48.9 Å². The van der Waals surface area contributed by atoms with Crippen LogP contribution in [0.5, 0.6) is 5.75 Å². The monoisotopic (exact) mass is 362 g/mol. The van der Waals surface area contributed by atoms with Crippen molar-refractivity contribution in [2.45, 2.75) is 25.7 Å². The predicted octanol–water partition coefficient (Wildman–Crippen LogP) is 4.45. The maximum Gasteiger partial charge on any atom is 0.256 e. The number of likely N-dealkylation sites (tertiary alicyclic amines) is 1. The highest BCUT2D eigenvalue weighted by atomic mass is 16.5. The molecule has 0 bridgehead atoms. The SMILES string of the molecule is O=c1[nH]cc(OCCCN2CCCCC2)c2c(-c3ccccc3)cccc12. The number of benzene rings is 2. The Bertz CT molecular complexity index is 943. The number of fused-ring (bicyclic) bond motifs is 1. The molecule has 3 aromatic rings. The van der Waals surface area contributed by atoms with Crippen LogP contribution in [0.4, 0.5) is 0 Å². The summed E-state index contributed by atoms with van der Waals surface area (Å²) in [6, 6.07) is 16.0. The number of rotatable bonds is 6. The summed E-state index contributed by atoms with van der Waals surface area (Å²) in [7, 11) is 0. The minimum Gasteiger partial charge on any atom is -0.491 e. The van der Waals surface area contributed by atoms with Crippen LogP contribution in [-0.4, -0.2) is 36.1 Å². The summed E-state index contributed by atoms with van der Waals surface area (Å²) in [5, 5.41) is 1.57. The highest BCUT2D eigenvalue weighted by Crippen LogP contribution is 2.33. The standard InChI is InChI=1S/C23H26N2O2/c26-23-20-12-7-11-19(18-9-3-1-4-10-18)22(20)21(17-24-23)27-16-8-15-25-13-5-2-6-14-25/h1,3-4,7,9-12,17H,2,5-6,8,13-16H2,(H,24,26). The van der Waals surface area contributed by atoms with E-state index in [0.29, 0.717) is 12.0 Å². The number of hydrogen-bond donors (Lipinski definition) is 1. The number of piperidine rings is 1. The van der Waals surface area contributed by atoms with E-state index in [1.54, 1.807) is 6.20 Å². The van der Waals surface area contributed by atoms with E-state index in [1.807, 2.05) is 30.3 Å². The van der Waals surface area contributed by atoms with E-state index in [0.717, 1.165) is 35.2 Å². The van der Waals surface area contributed by atoms with Crippen LogP contribution < -0.4 is 10.3 Å². The quantitative estimate of drug-likeness (QED) is 0.659. The molecule has 27 heavy (non-hydrogen) atoms. The first-order valence-corrected chi connectivity index (χ1v) is 9.88. The zero-order valence-electron chi connectivity index (χ0n) is 15.6. The largest absolute Gasteiger partial charge is 0.491 e. The molecule has 0 aliphatic carbocycles. The molecule has 1 fully saturated rings. The second kappa shape index (κ2) is 8.40. The van der Waals surface area contributed by atoms with Gasteiger partial charge in [0.15, 0.2) is 0 Å². The molecule has 2 heterocycles. The van der Waals surface area contributed by atoms with Crippen LogP contribution >= 0.6 is 0 Å². The maximum atomic E-state index is 12.3. The summed E-state index contributed by atoms with van der Waals surface area (Å²) in [5.41, 5.74) is 2.04. The van der Waals surface area contributed by atoms with Crippen LogP contribution in [0.3, 0.4) is 0 Å². The number of ether oxygens (including phenoxy) is 1. The molecule has 0 spiro atoms. The van der Waals surface area contributed by atoms with Crippen LogP contribution in [0.2, 0.25) is 0 Å². The molecule has 4 heteroatoms. The van der Waals surface area contributed by atoms with Gasteiger partial charge in [0.2, 0.25) is 0 Å². The maximum absolute atomic E-state index is 12.3. The van der Waals surface area contributed by atoms with E-state index in [2.05, 4.69) is 28.1 Å². The van der Waals surface area contributed by atoms with Crippen molar-refractivity contribution in [3.63, 3.8) is 0 Å². The molecule has 0 unspecified atom stereocenters. The molecule has 1 N–H and O–H groups in total. The molecular weight excluding hydrogens is 336 g/mol. The Morgan fingerprint density at radius 1 is 0.963 bits per heavy atom. The lowest BCUT2D eigenvalue weighted by atomic mass is 9.99. The molecule has 4 nitrogen and oxygen atoms in total. The van der Waals surface area contributed by atoms with E-state index in [1.165, 1.54) is 32.4 Å². The fourth-order valence-electron chi connectivity index (χ4n) is 3.91. The van der Waals surface area contributed by atoms with E-state index < -0.39 is 0 Å². The fraction of sp³-hybridized carbons (Fsp3) is 0.348. The average molecular weight is 362 g/mol. The van der Waals surface area contributed by atoms with Gasteiger partial charge in [-0.05, 0) is 49.5 Å². The van der Waals surface area contributed by atoms with Crippen molar-refractivity contribution in [2.75, 3.05) is 26.2 Å². The van der Waals surface area contributed by atoms with Crippen molar-refractivity contribution in [1.29, 1.82) is 0 Å². The van der Waals surface area contributed by atoms with Crippen LogP contribution in [0.25, 0.3) is 21.9 Å². The highest BCUT2D eigenvalue weighted by molar-refractivity contribution is 6.00. The molecule has 0 amide bonds. The number of nitrogens with one attached hydrogen (secondary N) is 1. The Hall–Kier alpha value is -2.59. The zero-order chi connectivity index (χ0) is 18.5. The minimum absolute atomic E-state index is 0.0801. The van der Waals surface area contributed by atoms with Crippen LogP contribution in [0.15, 0.2) is 59.5 Å². The molecule has 1 aliphatic rings. The molecular formula is C23H26N2O2. The van der Waals surface area contributed by atoms with Gasteiger partial charge in [0, 0.05) is 18.1 Å². The Morgan fingerprint density at radius 3 is 2.59 bits per heavy atom. The van der Waals surface area contributed by atoms with Gasteiger partial charge in [0.1, 0.15) is 5.75 Å². The van der Waals surface area contributed by atoms with Crippen LogP contribution in [-0.2, 0) is 0 Å². The molecule has 4 rings (SSSR count). The average Bonchev–Trinajstić information content (AvgIpc) is 2.74. The van der Waals surface area contributed by atoms with Gasteiger partial charge in [-0.15, -0.1) is 0 Å². The lowest BCUT2D eigenvalue weighted by molar-refractivity contribution is 0.205. The van der Waals surface area contributed by atoms with Crippen molar-refractivity contribution < 1.29 is 4.74 Å². The van der Waals surface area contributed by atoms with E-state index in [4.69, 9.17) is 4.74 Å². The van der Waals surface area contributed by atoms with Gasteiger partial charge in [-0.2, -0.15) is 0 Å². The predicted molar refractivity (Wildman–Crippen MR) is 110 cm³/mol. The Morgan fingerprint density at radius 2 is 1.78 bits per heavy atom. The third-order valence-corrected chi connectivity index (χ3v) is 5.30. The number of aromatic nitrogens is 1. The van der Waals surface area contributed by atoms with Crippen molar-refractivity contribution in [2.24, 2.45) is 0 Å². The Labute approximate surface area is 159 Å². The first-order valence-electron chi connectivity index (χ1n) is 9.88. The van der Waals surface area contributed by atoms with Crippen LogP contribution in [0, 0.1) is 0 Å². The summed E-state index contributed by atoms with van der Waals surface area (Å²) < 4.78 is 6.13. The van der Waals surface area contributed by atoms with E-state index >= 15 is 0 Å². The van der Waals surface area contributed by atoms with Gasteiger partial charge in [0.25, 0.3) is 5.56 Å². The smallest absolute Gasteiger partial charge is 0.256 e. The lowest BCUT2D eigenvalue weighted by Gasteiger charge is -2.26. The number of H-pyrrole nitrogens is 1. The first kappa shape index (κ1) is 17.8. The van der Waals surface area contributed by atoms with Crippen LogP contribution in [0.1, 0.15) is 25.7 Å². The van der Waals surface area contributed by atoms with Crippen molar-refractivity contribution in [1.82, 2.24) is 9.88 Å². The second-order valence-corrected chi connectivity index (χ2v) is 7.18. The van der Waals surface area contributed by atoms with Gasteiger partial charge in [0.05, 0.1) is 12.0 Å². The lowest BCUT2D eigenvalue weighted by Crippen LogP contribution is -2.31. The molecule has 0 atom stereocenters. The first-order chi connectivity index (χ1) is 13.3. The summed E-state index contributed by atoms with van der Waals surface area (Å²) >= 11 is 0. The molecule has 1 saturated heterocycles. The molecule has 140 valence electrons. The number of aromatic amines is 1. The van der Waals surface area contributed by atoms with Gasteiger partial charge >= 0.3 is 0 Å². The summed E-state index contributed by atoms with van der Waals surface area (Å²) in [4.78, 5) is 17.7. The zero-order valence-corrected chi connectivity index (χ0v) is 15.6. The Kier molecular flexibility index (Phi) is 5.54. The van der Waals surface area contributed by atoms with Gasteiger partial charge < -0.3 is 14.6 Å². The fourth-order valence-corrected chi connectivity index (χ4v) is 3.91. The van der Waals surface area contributed by atoms with Crippen molar-refractivity contribution in [3.05, 3.63) is 65.1 Å². The number of pyridine rings is 1. The summed E-state index contributed by atoms with van der Waals surface area (Å²) in [6.07, 6.45) is 6.68. The number of nitrogens with zero attached hydrogens (tertiary/aromatic N) is 1. The van der Waals surface area contributed by atoms with Crippen molar-refractivity contribution in [3.8, 4) is 16.9 Å². The normalized spacial score (nSPS) is 15.1. The van der Waals surface area contributed by atoms with E-state index in [-0.39, 0.29) is 5.56 Å². The number of hydrogen-bond acceptors (Lipinski definition) is 3. The summed E-state index contributed by atoms with van der Waals surface area (Å²) in [6.45, 7) is 4.15. The summed E-state index contributed by atoms with van der Waals surface area (Å²) in [5.74, 6) is 0.752. The molecule has 0 saturated carbocycles. The Balaban J connectivity index is 1.57. The molecule has 1 aliphatic heterocycles. The van der Waals surface area contributed by atoms with Gasteiger partial charge in [-0.25, -0.2) is 0 Å². The van der Waals surface area contributed by atoms with E-state index in [9.17, 15) is 4.79 Å². The topological polar surface area (TPSA) is 45.3 Å². The molecule has 1 aromatic heterocycles. The van der Waals surface area contributed by atoms with Gasteiger partial charge in [-0.3, -0.25) is 4.79 Å². The highest BCUT2D eigenvalue weighted by Gasteiger charge is 2.13. The third kappa shape index (κ3) is 4.06. The molecule has 2 aromatic carbocycles. The second-order valence-electron chi connectivity index (χ2n) is 7.18. The van der Waals surface area contributed by atoms with Crippen molar-refractivity contribution >= 4 is 10.8 Å².